The minimum atomic E-state index is -1.34. The van der Waals surface area contributed by atoms with Crippen LogP contribution in [0.3, 0.4) is 0 Å². The van der Waals surface area contributed by atoms with Crippen molar-refractivity contribution in [3.63, 3.8) is 0 Å². The van der Waals surface area contributed by atoms with E-state index < -0.39 is 66.1 Å². The minimum absolute atomic E-state index is 0.155. The van der Waals surface area contributed by atoms with E-state index in [1.165, 1.54) is 6.92 Å². The molecule has 2 rings (SSSR count). The van der Waals surface area contributed by atoms with Gasteiger partial charge in [-0.05, 0) is 38.8 Å². The normalized spacial score (nSPS) is 24.0. The molecule has 0 aromatic carbocycles. The second-order valence-corrected chi connectivity index (χ2v) is 8.21. The van der Waals surface area contributed by atoms with Gasteiger partial charge in [-0.25, -0.2) is 4.79 Å². The first kappa shape index (κ1) is 25.1. The summed E-state index contributed by atoms with van der Waals surface area (Å²) in [5, 5.41) is 2.41. The van der Waals surface area contributed by atoms with E-state index in [0.717, 1.165) is 0 Å². The lowest BCUT2D eigenvalue weighted by molar-refractivity contribution is -0.176. The summed E-state index contributed by atoms with van der Waals surface area (Å²) in [6.45, 7) is 9.31. The first-order valence-electron chi connectivity index (χ1n) is 10.5. The molecular formula is C22H30N2O8. The Morgan fingerprint density at radius 1 is 1.22 bits per heavy atom. The lowest BCUT2D eigenvalue weighted by Gasteiger charge is -2.29. The maximum absolute atomic E-state index is 12.7. The van der Waals surface area contributed by atoms with Crippen molar-refractivity contribution in [3.05, 3.63) is 33.2 Å². The number of hydrogen-bond donors (Lipinski definition) is 2. The average Bonchev–Trinajstić information content (AvgIpc) is 2.72. The molecule has 10 heteroatoms. The molecule has 32 heavy (non-hydrogen) atoms. The summed E-state index contributed by atoms with van der Waals surface area (Å²) in [5.74, 6) is -4.19. The molecular weight excluding hydrogens is 420 g/mol. The molecule has 10 nitrogen and oxygen atoms in total. The fourth-order valence-electron chi connectivity index (χ4n) is 3.45. The number of carbonyl (C=O) groups is 4. The van der Waals surface area contributed by atoms with Crippen molar-refractivity contribution in [2.75, 3.05) is 6.61 Å². The number of aromatic nitrogens is 1. The maximum Gasteiger partial charge on any atom is 0.332 e. The van der Waals surface area contributed by atoms with Crippen LogP contribution in [0.5, 0.6) is 0 Å². The van der Waals surface area contributed by atoms with Crippen LogP contribution in [0.2, 0.25) is 0 Å². The molecule has 0 bridgehead atoms. The van der Waals surface area contributed by atoms with Gasteiger partial charge < -0.3 is 24.5 Å². The Kier molecular flexibility index (Phi) is 8.18. The minimum Gasteiger partial charge on any atom is -0.463 e. The lowest BCUT2D eigenvalue weighted by Crippen LogP contribution is -2.47. The molecule has 0 radical (unpaired) electrons. The summed E-state index contributed by atoms with van der Waals surface area (Å²) in [5.41, 5.74) is 0.254. The summed E-state index contributed by atoms with van der Waals surface area (Å²) in [6.07, 6.45) is -1.72. The number of rotatable bonds is 5. The topological polar surface area (TPSA) is 141 Å². The van der Waals surface area contributed by atoms with Gasteiger partial charge in [0.05, 0.1) is 11.8 Å². The Morgan fingerprint density at radius 3 is 2.44 bits per heavy atom. The van der Waals surface area contributed by atoms with Crippen molar-refractivity contribution in [3.8, 4) is 0 Å². The molecule has 1 aromatic rings. The molecule has 2 heterocycles. The molecule has 176 valence electrons. The number of pyridine rings is 1. The van der Waals surface area contributed by atoms with Gasteiger partial charge >= 0.3 is 17.9 Å². The molecule has 1 saturated heterocycles. The lowest BCUT2D eigenvalue weighted by atomic mass is 9.95. The molecule has 1 aliphatic rings. The fourth-order valence-corrected chi connectivity index (χ4v) is 3.45. The highest BCUT2D eigenvalue weighted by atomic mass is 16.6. The predicted octanol–water partition coefficient (Wildman–Crippen LogP) is 1.17. The smallest absolute Gasteiger partial charge is 0.332 e. The van der Waals surface area contributed by atoms with Gasteiger partial charge in [0.1, 0.15) is 18.3 Å². The molecule has 1 aliphatic heterocycles. The standard InChI is InChI=1S/C22H30N2O8/c1-7-14-17(32-20(27)10(2)3)13(6)31-22(29)15(9-30-21(14)28)24-19(26)16-11(4)8-12(5)23-18(16)25/h8,10,13-15,17H,7,9H2,1-6H3,(H,23,25)(H,24,26)/t13-,14+,15-,17-/m0/s1. The number of ether oxygens (including phenoxy) is 3. The largest absolute Gasteiger partial charge is 0.463 e. The molecule has 1 amide bonds. The van der Waals surface area contributed by atoms with Gasteiger partial charge in [-0.3, -0.25) is 19.2 Å². The monoisotopic (exact) mass is 450 g/mol. The summed E-state index contributed by atoms with van der Waals surface area (Å²) < 4.78 is 16.1. The fraction of sp³-hybridized carbons (Fsp3) is 0.591. The SMILES string of the molecule is CC[C@H]1C(=O)OC[C@H](NC(=O)c2c(C)cc(C)[nH]c2=O)C(=O)O[C@@H](C)[C@@H]1OC(=O)C(C)C. The van der Waals surface area contributed by atoms with Crippen molar-refractivity contribution in [2.24, 2.45) is 11.8 Å². The van der Waals surface area contributed by atoms with E-state index in [4.69, 9.17) is 14.2 Å². The molecule has 0 unspecified atom stereocenters. The molecule has 0 saturated carbocycles. The Labute approximate surface area is 186 Å². The molecule has 1 aromatic heterocycles. The number of hydrogen-bond acceptors (Lipinski definition) is 8. The van der Waals surface area contributed by atoms with Gasteiger partial charge in [-0.2, -0.15) is 0 Å². The van der Waals surface area contributed by atoms with Crippen LogP contribution < -0.4 is 10.9 Å². The van der Waals surface area contributed by atoms with Gasteiger partial charge in [0, 0.05) is 5.69 Å². The van der Waals surface area contributed by atoms with Crippen molar-refractivity contribution in [2.45, 2.75) is 66.2 Å². The van der Waals surface area contributed by atoms with Crippen LogP contribution in [-0.4, -0.2) is 53.7 Å². The van der Waals surface area contributed by atoms with Crippen molar-refractivity contribution in [1.82, 2.24) is 10.3 Å². The Balaban J connectivity index is 2.28. The Bertz CT molecular complexity index is 952. The second kappa shape index (κ2) is 10.4. The zero-order valence-corrected chi connectivity index (χ0v) is 19.1. The Hall–Kier alpha value is -3.17. The number of esters is 3. The first-order chi connectivity index (χ1) is 15.0. The molecule has 0 aliphatic carbocycles. The summed E-state index contributed by atoms with van der Waals surface area (Å²) in [6, 6.07) is 0.283. The highest BCUT2D eigenvalue weighted by molar-refractivity contribution is 5.97. The zero-order chi connectivity index (χ0) is 24.2. The van der Waals surface area contributed by atoms with Crippen LogP contribution in [0.4, 0.5) is 0 Å². The maximum atomic E-state index is 12.7. The van der Waals surface area contributed by atoms with Gasteiger partial charge in [0.25, 0.3) is 11.5 Å². The number of nitrogens with one attached hydrogen (secondary N) is 2. The number of aryl methyl sites for hydroxylation is 2. The second-order valence-electron chi connectivity index (χ2n) is 8.21. The highest BCUT2D eigenvalue weighted by Gasteiger charge is 2.41. The summed E-state index contributed by atoms with van der Waals surface area (Å²) in [7, 11) is 0. The third-order valence-electron chi connectivity index (χ3n) is 5.20. The van der Waals surface area contributed by atoms with E-state index in [2.05, 4.69) is 10.3 Å². The van der Waals surface area contributed by atoms with Crippen LogP contribution in [0.1, 0.15) is 55.7 Å². The average molecular weight is 450 g/mol. The van der Waals surface area contributed by atoms with Crippen molar-refractivity contribution < 1.29 is 33.4 Å². The van der Waals surface area contributed by atoms with E-state index in [-0.39, 0.29) is 12.0 Å². The van der Waals surface area contributed by atoms with Gasteiger partial charge in [0.15, 0.2) is 12.1 Å². The summed E-state index contributed by atoms with van der Waals surface area (Å²) >= 11 is 0. The third kappa shape index (κ3) is 5.74. The van der Waals surface area contributed by atoms with Crippen LogP contribution in [0.25, 0.3) is 0 Å². The van der Waals surface area contributed by atoms with E-state index in [1.807, 2.05) is 0 Å². The predicted molar refractivity (Wildman–Crippen MR) is 113 cm³/mol. The Morgan fingerprint density at radius 2 is 1.88 bits per heavy atom. The van der Waals surface area contributed by atoms with Crippen LogP contribution in [0.15, 0.2) is 10.9 Å². The molecule has 4 atom stereocenters. The highest BCUT2D eigenvalue weighted by Crippen LogP contribution is 2.23. The van der Waals surface area contributed by atoms with Crippen molar-refractivity contribution in [1.29, 1.82) is 0 Å². The number of H-pyrrole nitrogens is 1. The molecule has 1 fully saturated rings. The van der Waals surface area contributed by atoms with Gasteiger partial charge in [0.2, 0.25) is 0 Å². The number of cyclic esters (lactones) is 2. The van der Waals surface area contributed by atoms with E-state index in [9.17, 15) is 24.0 Å². The van der Waals surface area contributed by atoms with Crippen molar-refractivity contribution >= 4 is 23.8 Å². The first-order valence-corrected chi connectivity index (χ1v) is 10.5. The van der Waals surface area contributed by atoms with Gasteiger partial charge in [-0.15, -0.1) is 0 Å². The molecule has 2 N–H and O–H groups in total. The number of aromatic amines is 1. The van der Waals surface area contributed by atoms with E-state index in [0.29, 0.717) is 11.3 Å². The molecule has 0 spiro atoms. The quantitative estimate of drug-likeness (QED) is 0.503. The van der Waals surface area contributed by atoms with Crippen LogP contribution >= 0.6 is 0 Å². The van der Waals surface area contributed by atoms with Crippen LogP contribution in [-0.2, 0) is 28.6 Å². The van der Waals surface area contributed by atoms with Crippen LogP contribution in [0, 0.1) is 25.7 Å². The number of carbonyl (C=O) groups excluding carboxylic acids is 4. The van der Waals surface area contributed by atoms with E-state index >= 15 is 0 Å². The summed E-state index contributed by atoms with van der Waals surface area (Å²) in [4.78, 5) is 65.0. The number of amides is 1. The van der Waals surface area contributed by atoms with E-state index in [1.54, 1.807) is 40.7 Å². The zero-order valence-electron chi connectivity index (χ0n) is 19.1. The third-order valence-corrected chi connectivity index (χ3v) is 5.20. The van der Waals surface area contributed by atoms with Gasteiger partial charge in [-0.1, -0.05) is 20.8 Å².